The summed E-state index contributed by atoms with van der Waals surface area (Å²) in [6.07, 6.45) is 4.92. The van der Waals surface area contributed by atoms with Crippen molar-refractivity contribution >= 4 is 18.9 Å². The molecule has 0 aromatic carbocycles. The molecule has 0 unspecified atom stereocenters. The molecular weight excluding hydrogens is 148 g/mol. The van der Waals surface area contributed by atoms with Crippen LogP contribution >= 0.6 is 12.9 Å². The molecule has 10 heavy (non-hydrogen) atoms. The Balaban J connectivity index is 2.96. The molecule has 0 saturated carbocycles. The standard InChI is InChI=1S/C7H14O2S/c1-2-3-4-5-6-7(8)9-10/h10H,2-6H2,1H3. The maximum Gasteiger partial charge on any atom is 0.317 e. The van der Waals surface area contributed by atoms with E-state index in [1.54, 1.807) is 0 Å². The molecule has 0 N–H and O–H groups in total. The molecule has 0 aromatic heterocycles. The number of unbranched alkanes of at least 4 members (excludes halogenated alkanes) is 3. The molecule has 0 radical (unpaired) electrons. The van der Waals surface area contributed by atoms with Gasteiger partial charge in [0.15, 0.2) is 0 Å². The molecule has 0 amide bonds. The summed E-state index contributed by atoms with van der Waals surface area (Å²) < 4.78 is 4.19. The number of thiol groups is 1. The van der Waals surface area contributed by atoms with Gasteiger partial charge in [-0.1, -0.05) is 26.2 Å². The predicted molar refractivity (Wildman–Crippen MR) is 43.8 cm³/mol. The third-order valence-electron chi connectivity index (χ3n) is 1.34. The molecule has 0 aliphatic heterocycles. The van der Waals surface area contributed by atoms with Crippen LogP contribution in [-0.4, -0.2) is 5.97 Å². The second kappa shape index (κ2) is 6.93. The van der Waals surface area contributed by atoms with Crippen molar-refractivity contribution in [2.45, 2.75) is 39.0 Å². The quantitative estimate of drug-likeness (QED) is 0.381. The van der Waals surface area contributed by atoms with Crippen molar-refractivity contribution in [1.29, 1.82) is 0 Å². The maximum absolute atomic E-state index is 10.5. The second-order valence-corrected chi connectivity index (χ2v) is 2.46. The fourth-order valence-electron chi connectivity index (χ4n) is 0.742. The first kappa shape index (κ1) is 9.82. The summed E-state index contributed by atoms with van der Waals surface area (Å²) in [5, 5.41) is 0. The topological polar surface area (TPSA) is 26.3 Å². The number of carbonyl (C=O) groups is 1. The molecule has 0 heterocycles. The van der Waals surface area contributed by atoms with Gasteiger partial charge in [-0.2, -0.15) is 0 Å². The van der Waals surface area contributed by atoms with E-state index in [1.165, 1.54) is 12.8 Å². The largest absolute Gasteiger partial charge is 0.395 e. The van der Waals surface area contributed by atoms with Crippen molar-refractivity contribution in [1.82, 2.24) is 0 Å². The lowest BCUT2D eigenvalue weighted by atomic mass is 10.2. The number of rotatable bonds is 5. The first-order chi connectivity index (χ1) is 4.81. The zero-order chi connectivity index (χ0) is 7.82. The third-order valence-corrected chi connectivity index (χ3v) is 1.54. The minimum atomic E-state index is -0.223. The van der Waals surface area contributed by atoms with Crippen LogP contribution in [0.3, 0.4) is 0 Å². The van der Waals surface area contributed by atoms with E-state index in [2.05, 4.69) is 24.0 Å². The van der Waals surface area contributed by atoms with Crippen LogP contribution in [0.4, 0.5) is 0 Å². The van der Waals surface area contributed by atoms with Crippen LogP contribution in [0.25, 0.3) is 0 Å². The Morgan fingerprint density at radius 3 is 2.60 bits per heavy atom. The lowest BCUT2D eigenvalue weighted by Gasteiger charge is -1.96. The number of carbonyl (C=O) groups excluding carboxylic acids is 1. The fourth-order valence-corrected chi connectivity index (χ4v) is 0.833. The Labute approximate surface area is 67.6 Å². The van der Waals surface area contributed by atoms with Crippen molar-refractivity contribution in [3.63, 3.8) is 0 Å². The van der Waals surface area contributed by atoms with Crippen LogP contribution in [0, 0.1) is 0 Å². The van der Waals surface area contributed by atoms with Crippen molar-refractivity contribution in [2.24, 2.45) is 0 Å². The summed E-state index contributed by atoms with van der Waals surface area (Å²) in [5.41, 5.74) is 0. The molecule has 3 heteroatoms. The molecule has 0 rings (SSSR count). The molecular formula is C7H14O2S. The van der Waals surface area contributed by atoms with Gasteiger partial charge in [-0.15, -0.1) is 0 Å². The van der Waals surface area contributed by atoms with Gasteiger partial charge in [-0.3, -0.25) is 4.79 Å². The summed E-state index contributed by atoms with van der Waals surface area (Å²) in [5.74, 6) is -0.223. The normalized spacial score (nSPS) is 9.40. The monoisotopic (exact) mass is 162 g/mol. The van der Waals surface area contributed by atoms with Gasteiger partial charge in [0.05, 0.1) is 0 Å². The van der Waals surface area contributed by atoms with E-state index in [4.69, 9.17) is 0 Å². The van der Waals surface area contributed by atoms with Crippen molar-refractivity contribution in [2.75, 3.05) is 0 Å². The molecule has 0 aliphatic carbocycles. The van der Waals surface area contributed by atoms with E-state index in [0.717, 1.165) is 12.8 Å². The maximum atomic E-state index is 10.5. The Hall–Kier alpha value is -0.180. The molecule has 0 spiro atoms. The van der Waals surface area contributed by atoms with E-state index in [-0.39, 0.29) is 5.97 Å². The first-order valence-corrected chi connectivity index (χ1v) is 4.02. The molecule has 0 atom stereocenters. The Morgan fingerprint density at radius 1 is 1.40 bits per heavy atom. The van der Waals surface area contributed by atoms with Crippen molar-refractivity contribution in [3.8, 4) is 0 Å². The minimum absolute atomic E-state index is 0.223. The average molecular weight is 162 g/mol. The van der Waals surface area contributed by atoms with Crippen molar-refractivity contribution in [3.05, 3.63) is 0 Å². The molecule has 0 saturated heterocycles. The molecule has 0 aromatic rings. The molecule has 2 nitrogen and oxygen atoms in total. The number of hydrogen-bond donors (Lipinski definition) is 1. The van der Waals surface area contributed by atoms with Crippen LogP contribution in [0.1, 0.15) is 39.0 Å². The van der Waals surface area contributed by atoms with E-state index < -0.39 is 0 Å². The average Bonchev–Trinajstić information content (AvgIpc) is 1.98. The number of hydrogen-bond acceptors (Lipinski definition) is 3. The highest BCUT2D eigenvalue weighted by Crippen LogP contribution is 2.03. The van der Waals surface area contributed by atoms with E-state index in [1.807, 2.05) is 0 Å². The van der Waals surface area contributed by atoms with Gasteiger partial charge in [0.25, 0.3) is 0 Å². The predicted octanol–water partition coefficient (Wildman–Crippen LogP) is 2.34. The Kier molecular flexibility index (Phi) is 6.81. The zero-order valence-electron chi connectivity index (χ0n) is 6.30. The lowest BCUT2D eigenvalue weighted by Crippen LogP contribution is -1.95. The van der Waals surface area contributed by atoms with Gasteiger partial charge in [0.1, 0.15) is 0 Å². The van der Waals surface area contributed by atoms with Crippen molar-refractivity contribution < 1.29 is 8.98 Å². The summed E-state index contributed by atoms with van der Waals surface area (Å²) in [4.78, 5) is 10.5. The molecule has 0 bridgehead atoms. The minimum Gasteiger partial charge on any atom is -0.395 e. The lowest BCUT2D eigenvalue weighted by molar-refractivity contribution is -0.132. The van der Waals surface area contributed by atoms with Crippen LogP contribution in [0.2, 0.25) is 0 Å². The van der Waals surface area contributed by atoms with Gasteiger partial charge in [-0.05, 0) is 6.42 Å². The highest BCUT2D eigenvalue weighted by atomic mass is 32.1. The van der Waals surface area contributed by atoms with Gasteiger partial charge in [-0.25, -0.2) is 0 Å². The van der Waals surface area contributed by atoms with Gasteiger partial charge in [0.2, 0.25) is 0 Å². The summed E-state index contributed by atoms with van der Waals surface area (Å²) in [7, 11) is 0. The highest BCUT2D eigenvalue weighted by molar-refractivity contribution is 7.75. The third kappa shape index (κ3) is 5.95. The Morgan fingerprint density at radius 2 is 2.10 bits per heavy atom. The molecule has 60 valence electrons. The second-order valence-electron chi connectivity index (χ2n) is 2.27. The highest BCUT2D eigenvalue weighted by Gasteiger charge is 1.98. The summed E-state index contributed by atoms with van der Waals surface area (Å²) in [6, 6.07) is 0. The van der Waals surface area contributed by atoms with Gasteiger partial charge in [0, 0.05) is 19.3 Å². The van der Waals surface area contributed by atoms with E-state index in [0.29, 0.717) is 6.42 Å². The SMILES string of the molecule is CCCCCCC(=O)OS. The first-order valence-electron chi connectivity index (χ1n) is 3.65. The van der Waals surface area contributed by atoms with Crippen LogP contribution in [-0.2, 0) is 8.98 Å². The molecule has 0 aliphatic rings. The Bertz CT molecular complexity index is 93.6. The van der Waals surface area contributed by atoms with Gasteiger partial charge < -0.3 is 4.18 Å². The van der Waals surface area contributed by atoms with E-state index in [9.17, 15) is 4.79 Å². The van der Waals surface area contributed by atoms with Crippen LogP contribution < -0.4 is 0 Å². The van der Waals surface area contributed by atoms with Crippen LogP contribution in [0.15, 0.2) is 0 Å². The van der Waals surface area contributed by atoms with E-state index >= 15 is 0 Å². The smallest absolute Gasteiger partial charge is 0.317 e. The summed E-state index contributed by atoms with van der Waals surface area (Å²) in [6.45, 7) is 2.14. The summed E-state index contributed by atoms with van der Waals surface area (Å²) >= 11 is 3.39. The van der Waals surface area contributed by atoms with Crippen LogP contribution in [0.5, 0.6) is 0 Å². The molecule has 0 fully saturated rings. The fraction of sp³-hybridized carbons (Fsp3) is 0.857. The zero-order valence-corrected chi connectivity index (χ0v) is 7.19. The van der Waals surface area contributed by atoms with Gasteiger partial charge >= 0.3 is 5.97 Å².